The van der Waals surface area contributed by atoms with Crippen LogP contribution in [0.5, 0.6) is 0 Å². The summed E-state index contributed by atoms with van der Waals surface area (Å²) in [4.78, 5) is 1.49. The Morgan fingerprint density at radius 1 is 1.33 bits per heavy atom. The fourth-order valence-electron chi connectivity index (χ4n) is 2.50. The van der Waals surface area contributed by atoms with Crippen LogP contribution in [0.25, 0.3) is 0 Å². The first-order valence-corrected chi connectivity index (χ1v) is 6.34. The van der Waals surface area contributed by atoms with Crippen LogP contribution in [-0.2, 0) is 26.4 Å². The van der Waals surface area contributed by atoms with Gasteiger partial charge >= 0.3 is 0 Å². The van der Waals surface area contributed by atoms with Crippen LogP contribution in [-0.4, -0.2) is 26.2 Å². The van der Waals surface area contributed by atoms with E-state index in [1.165, 1.54) is 22.3 Å². The van der Waals surface area contributed by atoms with Gasteiger partial charge in [-0.3, -0.25) is 0 Å². The molecule has 18 heavy (non-hydrogen) atoms. The standard InChI is InChI=1S/C13H17N5/c1-18-16-13(15-17-18)9-14-12-7-6-10-4-2-3-5-11(10)8-12/h2-5,12,14H,6-9H2,1H3. The van der Waals surface area contributed by atoms with Crippen LogP contribution in [0.3, 0.4) is 0 Å². The van der Waals surface area contributed by atoms with Crippen LogP contribution in [0.1, 0.15) is 23.4 Å². The highest BCUT2D eigenvalue weighted by molar-refractivity contribution is 5.30. The monoisotopic (exact) mass is 243 g/mol. The summed E-state index contributed by atoms with van der Waals surface area (Å²) in [5, 5.41) is 15.5. The molecule has 0 amide bonds. The van der Waals surface area contributed by atoms with Gasteiger partial charge in [0.05, 0.1) is 13.6 Å². The summed E-state index contributed by atoms with van der Waals surface area (Å²) in [5.41, 5.74) is 2.96. The van der Waals surface area contributed by atoms with Gasteiger partial charge in [0.2, 0.25) is 0 Å². The zero-order chi connectivity index (χ0) is 12.4. The third-order valence-corrected chi connectivity index (χ3v) is 3.45. The van der Waals surface area contributed by atoms with Gasteiger partial charge in [-0.25, -0.2) is 0 Å². The molecule has 1 aliphatic rings. The average molecular weight is 243 g/mol. The van der Waals surface area contributed by atoms with Crippen molar-refractivity contribution >= 4 is 0 Å². The second-order valence-corrected chi connectivity index (χ2v) is 4.78. The highest BCUT2D eigenvalue weighted by Gasteiger charge is 2.17. The van der Waals surface area contributed by atoms with Crippen molar-refractivity contribution in [1.82, 2.24) is 25.5 Å². The van der Waals surface area contributed by atoms with E-state index >= 15 is 0 Å². The molecular weight excluding hydrogens is 226 g/mol. The Morgan fingerprint density at radius 3 is 2.94 bits per heavy atom. The second-order valence-electron chi connectivity index (χ2n) is 4.78. The number of fused-ring (bicyclic) bond motifs is 1. The predicted molar refractivity (Wildman–Crippen MR) is 67.9 cm³/mol. The first-order valence-electron chi connectivity index (χ1n) is 6.34. The maximum absolute atomic E-state index is 4.17. The number of nitrogens with one attached hydrogen (secondary N) is 1. The van der Waals surface area contributed by atoms with Gasteiger partial charge in [-0.1, -0.05) is 24.3 Å². The molecule has 0 bridgehead atoms. The Hall–Kier alpha value is -1.75. The molecule has 0 fully saturated rings. The molecule has 0 saturated heterocycles. The van der Waals surface area contributed by atoms with Crippen LogP contribution < -0.4 is 5.32 Å². The summed E-state index contributed by atoms with van der Waals surface area (Å²) in [7, 11) is 1.79. The molecule has 0 radical (unpaired) electrons. The molecule has 0 spiro atoms. The SMILES string of the molecule is Cn1nnc(CNC2CCc3ccccc3C2)n1. The molecule has 0 aliphatic heterocycles. The fourth-order valence-corrected chi connectivity index (χ4v) is 2.50. The third-order valence-electron chi connectivity index (χ3n) is 3.45. The molecule has 1 aromatic carbocycles. The quantitative estimate of drug-likeness (QED) is 0.868. The zero-order valence-electron chi connectivity index (χ0n) is 10.5. The lowest BCUT2D eigenvalue weighted by Gasteiger charge is -2.25. The number of aromatic nitrogens is 4. The van der Waals surface area contributed by atoms with Crippen LogP contribution >= 0.6 is 0 Å². The molecule has 5 heteroatoms. The molecule has 1 heterocycles. The van der Waals surface area contributed by atoms with E-state index in [1.54, 1.807) is 7.05 Å². The molecule has 1 atom stereocenters. The molecular formula is C13H17N5. The van der Waals surface area contributed by atoms with Crippen molar-refractivity contribution in [1.29, 1.82) is 0 Å². The molecule has 1 aliphatic carbocycles. The second kappa shape index (κ2) is 4.86. The van der Waals surface area contributed by atoms with Gasteiger partial charge in [-0.15, -0.1) is 10.2 Å². The van der Waals surface area contributed by atoms with Crippen LogP contribution in [0.15, 0.2) is 24.3 Å². The average Bonchev–Trinajstić information content (AvgIpc) is 2.82. The first-order chi connectivity index (χ1) is 8.81. The highest BCUT2D eigenvalue weighted by atomic mass is 15.6. The van der Waals surface area contributed by atoms with Gasteiger partial charge in [0.1, 0.15) is 0 Å². The largest absolute Gasteiger partial charge is 0.307 e. The van der Waals surface area contributed by atoms with Gasteiger partial charge in [-0.2, -0.15) is 4.80 Å². The lowest BCUT2D eigenvalue weighted by atomic mass is 9.88. The number of hydrogen-bond acceptors (Lipinski definition) is 4. The van der Waals surface area contributed by atoms with E-state index in [-0.39, 0.29) is 0 Å². The number of tetrazole rings is 1. The Kier molecular flexibility index (Phi) is 3.06. The maximum atomic E-state index is 4.17. The number of benzene rings is 1. The van der Waals surface area contributed by atoms with E-state index in [4.69, 9.17) is 0 Å². The molecule has 5 nitrogen and oxygen atoms in total. The number of nitrogens with zero attached hydrogens (tertiary/aromatic N) is 4. The van der Waals surface area contributed by atoms with Gasteiger partial charge in [0, 0.05) is 6.04 Å². The lowest BCUT2D eigenvalue weighted by molar-refractivity contribution is 0.450. The van der Waals surface area contributed by atoms with Gasteiger partial charge in [0.15, 0.2) is 5.82 Å². The minimum Gasteiger partial charge on any atom is -0.307 e. The summed E-state index contributed by atoms with van der Waals surface area (Å²) >= 11 is 0. The van der Waals surface area contributed by atoms with Gasteiger partial charge < -0.3 is 5.32 Å². The summed E-state index contributed by atoms with van der Waals surface area (Å²) in [5.74, 6) is 0.761. The van der Waals surface area contributed by atoms with E-state index < -0.39 is 0 Å². The van der Waals surface area contributed by atoms with E-state index in [2.05, 4.69) is 45.0 Å². The van der Waals surface area contributed by atoms with E-state index in [0.29, 0.717) is 12.6 Å². The minimum atomic E-state index is 0.517. The lowest BCUT2D eigenvalue weighted by Crippen LogP contribution is -2.34. The minimum absolute atomic E-state index is 0.517. The maximum Gasteiger partial charge on any atom is 0.188 e. The van der Waals surface area contributed by atoms with Gasteiger partial charge in [0.25, 0.3) is 0 Å². The fraction of sp³-hybridized carbons (Fsp3) is 0.462. The zero-order valence-corrected chi connectivity index (χ0v) is 10.5. The molecule has 3 rings (SSSR count). The highest BCUT2D eigenvalue weighted by Crippen LogP contribution is 2.20. The van der Waals surface area contributed by atoms with Crippen molar-refractivity contribution in [3.8, 4) is 0 Å². The van der Waals surface area contributed by atoms with Crippen LogP contribution in [0.2, 0.25) is 0 Å². The Bertz CT molecular complexity index is 534. The smallest absolute Gasteiger partial charge is 0.188 e. The topological polar surface area (TPSA) is 55.6 Å². The van der Waals surface area contributed by atoms with Crippen molar-refractivity contribution in [3.05, 3.63) is 41.2 Å². The van der Waals surface area contributed by atoms with Gasteiger partial charge in [-0.05, 0) is 35.6 Å². The molecule has 94 valence electrons. The summed E-state index contributed by atoms with van der Waals surface area (Å²) in [6.07, 6.45) is 3.43. The van der Waals surface area contributed by atoms with E-state index in [0.717, 1.165) is 18.7 Å². The van der Waals surface area contributed by atoms with Crippen molar-refractivity contribution < 1.29 is 0 Å². The van der Waals surface area contributed by atoms with Crippen molar-refractivity contribution in [2.45, 2.75) is 31.8 Å². The molecule has 2 aromatic rings. The molecule has 1 N–H and O–H groups in total. The molecule has 0 saturated carbocycles. The molecule has 1 unspecified atom stereocenters. The molecule has 1 aromatic heterocycles. The summed E-state index contributed by atoms with van der Waals surface area (Å²) in [6.45, 7) is 0.695. The van der Waals surface area contributed by atoms with Crippen LogP contribution in [0, 0.1) is 0 Å². The summed E-state index contributed by atoms with van der Waals surface area (Å²) < 4.78 is 0. The Labute approximate surface area is 106 Å². The van der Waals surface area contributed by atoms with E-state index in [9.17, 15) is 0 Å². The van der Waals surface area contributed by atoms with Crippen molar-refractivity contribution in [2.75, 3.05) is 0 Å². The number of hydrogen-bond donors (Lipinski definition) is 1. The van der Waals surface area contributed by atoms with E-state index in [1.807, 2.05) is 0 Å². The predicted octanol–water partition coefficient (Wildman–Crippen LogP) is 0.857. The van der Waals surface area contributed by atoms with Crippen molar-refractivity contribution in [3.63, 3.8) is 0 Å². The third kappa shape index (κ3) is 2.41. The normalized spacial score (nSPS) is 18.6. The summed E-state index contributed by atoms with van der Waals surface area (Å²) in [6, 6.07) is 9.21. The Morgan fingerprint density at radius 2 is 2.17 bits per heavy atom. The van der Waals surface area contributed by atoms with Crippen LogP contribution in [0.4, 0.5) is 0 Å². The number of aryl methyl sites for hydroxylation is 2. The first kappa shape index (κ1) is 11.3. The Balaban J connectivity index is 1.59. The van der Waals surface area contributed by atoms with Crippen molar-refractivity contribution in [2.24, 2.45) is 7.05 Å². The number of rotatable bonds is 3.